The Morgan fingerprint density at radius 1 is 1.05 bits per heavy atom. The number of hydrogen-bond acceptors (Lipinski definition) is 3. The summed E-state index contributed by atoms with van der Waals surface area (Å²) in [6.45, 7) is -0.0155. The van der Waals surface area contributed by atoms with Crippen LogP contribution in [0.15, 0.2) is 48.5 Å². The molecule has 0 spiro atoms. The van der Waals surface area contributed by atoms with Gasteiger partial charge in [0.05, 0.1) is 15.7 Å². The molecule has 3 nitrogen and oxygen atoms in total. The van der Waals surface area contributed by atoms with Crippen molar-refractivity contribution in [2.75, 3.05) is 11.9 Å². The third kappa shape index (κ3) is 5.00. The Labute approximate surface area is 151 Å². The summed E-state index contributed by atoms with van der Waals surface area (Å²) in [5.74, 6) is 0.0849. The smallest absolute Gasteiger partial charge is 1.00 e. The molecule has 0 unspecified atom stereocenters. The molecule has 0 saturated heterocycles. The van der Waals surface area contributed by atoms with Crippen molar-refractivity contribution in [3.63, 3.8) is 0 Å². The molecular formula is C14H12Cl2NNaO2. The molecule has 2 aromatic rings. The van der Waals surface area contributed by atoms with E-state index in [4.69, 9.17) is 27.9 Å². The minimum atomic E-state index is -0.415. The molecule has 100 valence electrons. The molecule has 0 fully saturated rings. The minimum absolute atomic E-state index is 0. The summed E-state index contributed by atoms with van der Waals surface area (Å²) < 4.78 is 5.13. The average Bonchev–Trinajstić information content (AvgIpc) is 2.39. The zero-order valence-corrected chi connectivity index (χ0v) is 14.4. The number of ether oxygens (including phenoxy) is 1. The maximum atomic E-state index is 11.6. The number of anilines is 1. The number of esters is 1. The summed E-state index contributed by atoms with van der Waals surface area (Å²) in [5.41, 5.74) is 0.524. The number of benzene rings is 2. The molecule has 2 aromatic carbocycles. The number of nitrogens with one attached hydrogen (secondary N) is 1. The van der Waals surface area contributed by atoms with Crippen molar-refractivity contribution in [1.82, 2.24) is 0 Å². The molecule has 2 rings (SSSR count). The van der Waals surface area contributed by atoms with Crippen LogP contribution in [0.1, 0.15) is 1.43 Å². The first kappa shape index (κ1) is 17.3. The van der Waals surface area contributed by atoms with E-state index in [1.54, 1.807) is 42.5 Å². The number of halogens is 2. The van der Waals surface area contributed by atoms with Crippen LogP contribution in [0, 0.1) is 0 Å². The standard InChI is InChI=1S/C14H11Cl2NO2.Na.H/c15-11-7-4-8-12(16)14(11)17-9-13(18)19-10-5-2-1-3-6-10;;/h1-8,17H,9H2;;/q;+1;-1. The summed E-state index contributed by atoms with van der Waals surface area (Å²) in [7, 11) is 0. The van der Waals surface area contributed by atoms with E-state index in [0.29, 0.717) is 21.5 Å². The summed E-state index contributed by atoms with van der Waals surface area (Å²) in [6.07, 6.45) is 0. The topological polar surface area (TPSA) is 38.3 Å². The van der Waals surface area contributed by atoms with Crippen LogP contribution in [0.2, 0.25) is 10.0 Å². The van der Waals surface area contributed by atoms with E-state index < -0.39 is 5.97 Å². The van der Waals surface area contributed by atoms with Crippen molar-refractivity contribution < 1.29 is 40.5 Å². The van der Waals surface area contributed by atoms with Gasteiger partial charge in [0.2, 0.25) is 0 Å². The average molecular weight is 320 g/mol. The van der Waals surface area contributed by atoms with Gasteiger partial charge in [-0.3, -0.25) is 0 Å². The number of rotatable bonds is 4. The van der Waals surface area contributed by atoms with Gasteiger partial charge in [0.1, 0.15) is 12.3 Å². The van der Waals surface area contributed by atoms with E-state index >= 15 is 0 Å². The van der Waals surface area contributed by atoms with Crippen LogP contribution in [0.3, 0.4) is 0 Å². The second-order valence-electron chi connectivity index (χ2n) is 3.74. The second-order valence-corrected chi connectivity index (χ2v) is 4.55. The van der Waals surface area contributed by atoms with Gasteiger partial charge in [0.25, 0.3) is 0 Å². The van der Waals surface area contributed by atoms with E-state index in [0.717, 1.165) is 0 Å². The summed E-state index contributed by atoms with van der Waals surface area (Å²) in [6, 6.07) is 14.0. The van der Waals surface area contributed by atoms with Gasteiger partial charge in [-0.2, -0.15) is 0 Å². The van der Waals surface area contributed by atoms with Crippen LogP contribution < -0.4 is 39.6 Å². The third-order valence-corrected chi connectivity index (χ3v) is 2.98. The molecule has 20 heavy (non-hydrogen) atoms. The zero-order valence-electron chi connectivity index (χ0n) is 11.9. The van der Waals surface area contributed by atoms with Crippen molar-refractivity contribution in [1.29, 1.82) is 0 Å². The fourth-order valence-corrected chi connectivity index (χ4v) is 2.01. The molecule has 1 N–H and O–H groups in total. The Bertz CT molecular complexity index is 564. The fourth-order valence-electron chi connectivity index (χ4n) is 1.48. The molecule has 0 amide bonds. The van der Waals surface area contributed by atoms with Gasteiger partial charge in [-0.25, -0.2) is 4.79 Å². The van der Waals surface area contributed by atoms with Gasteiger partial charge in [-0.05, 0) is 24.3 Å². The second kappa shape index (κ2) is 8.55. The predicted octanol–water partition coefficient (Wildman–Crippen LogP) is 1.13. The Hall–Kier alpha value is -0.710. The minimum Gasteiger partial charge on any atom is -1.00 e. The van der Waals surface area contributed by atoms with Crippen LogP contribution in [-0.2, 0) is 4.79 Å². The monoisotopic (exact) mass is 319 g/mol. The molecule has 6 heteroatoms. The maximum absolute atomic E-state index is 11.6. The quantitative estimate of drug-likeness (QED) is 0.521. The molecule has 0 atom stereocenters. The maximum Gasteiger partial charge on any atom is 1.00 e. The number of carbonyl (C=O) groups is 1. The third-order valence-electron chi connectivity index (χ3n) is 2.35. The van der Waals surface area contributed by atoms with Gasteiger partial charge in [0.15, 0.2) is 0 Å². The van der Waals surface area contributed by atoms with Crippen molar-refractivity contribution in [3.8, 4) is 5.75 Å². The van der Waals surface area contributed by atoms with E-state index in [1.807, 2.05) is 6.07 Å². The van der Waals surface area contributed by atoms with Gasteiger partial charge in [-0.15, -0.1) is 0 Å². The fraction of sp³-hybridized carbons (Fsp3) is 0.0714. The van der Waals surface area contributed by atoms with Crippen molar-refractivity contribution in [3.05, 3.63) is 58.6 Å². The first-order valence-electron chi connectivity index (χ1n) is 5.60. The normalized spacial score (nSPS) is 9.50. The molecule has 0 bridgehead atoms. The van der Waals surface area contributed by atoms with Gasteiger partial charge in [-0.1, -0.05) is 47.5 Å². The molecule has 0 aliphatic rings. The molecule has 0 heterocycles. The number of hydrogen-bond donors (Lipinski definition) is 1. The van der Waals surface area contributed by atoms with Crippen LogP contribution in [0.5, 0.6) is 5.75 Å². The van der Waals surface area contributed by atoms with E-state index in [9.17, 15) is 4.79 Å². The van der Waals surface area contributed by atoms with Crippen LogP contribution in [0.25, 0.3) is 0 Å². The van der Waals surface area contributed by atoms with E-state index in [2.05, 4.69) is 5.32 Å². The van der Waals surface area contributed by atoms with Gasteiger partial charge < -0.3 is 11.5 Å². The Kier molecular flexibility index (Phi) is 7.41. The molecular weight excluding hydrogens is 308 g/mol. The van der Waals surface area contributed by atoms with Gasteiger partial charge >= 0.3 is 35.5 Å². The first-order valence-corrected chi connectivity index (χ1v) is 6.36. The van der Waals surface area contributed by atoms with Crippen LogP contribution >= 0.6 is 23.2 Å². The number of carbonyl (C=O) groups excluding carboxylic acids is 1. The van der Waals surface area contributed by atoms with Crippen molar-refractivity contribution >= 4 is 34.9 Å². The van der Waals surface area contributed by atoms with E-state index in [-0.39, 0.29) is 37.5 Å². The Morgan fingerprint density at radius 3 is 2.25 bits per heavy atom. The van der Waals surface area contributed by atoms with Crippen LogP contribution in [0.4, 0.5) is 5.69 Å². The first-order chi connectivity index (χ1) is 9.16. The summed E-state index contributed by atoms with van der Waals surface area (Å²) in [4.78, 5) is 11.6. The largest absolute Gasteiger partial charge is 1.00 e. The molecule has 0 saturated carbocycles. The Balaban J connectivity index is 0.00000200. The summed E-state index contributed by atoms with van der Waals surface area (Å²) in [5, 5.41) is 3.78. The Morgan fingerprint density at radius 2 is 1.65 bits per heavy atom. The van der Waals surface area contributed by atoms with Crippen molar-refractivity contribution in [2.24, 2.45) is 0 Å². The molecule has 0 aromatic heterocycles. The molecule has 0 aliphatic carbocycles. The van der Waals surface area contributed by atoms with Gasteiger partial charge in [0, 0.05) is 0 Å². The van der Waals surface area contributed by atoms with E-state index in [1.165, 1.54) is 0 Å². The van der Waals surface area contributed by atoms with Crippen LogP contribution in [-0.4, -0.2) is 12.5 Å². The molecule has 0 radical (unpaired) electrons. The predicted molar refractivity (Wildman–Crippen MR) is 78.1 cm³/mol. The van der Waals surface area contributed by atoms with Crippen molar-refractivity contribution in [2.45, 2.75) is 0 Å². The molecule has 0 aliphatic heterocycles. The SMILES string of the molecule is O=C(CNc1c(Cl)cccc1Cl)Oc1ccccc1.[H-].[Na+]. The number of para-hydroxylation sites is 2. The summed E-state index contributed by atoms with van der Waals surface area (Å²) >= 11 is 11.9. The zero-order chi connectivity index (χ0) is 13.7.